The first-order chi connectivity index (χ1) is 8.66. The molecule has 0 bridgehead atoms. The Morgan fingerprint density at radius 1 is 1.28 bits per heavy atom. The second-order valence-corrected chi connectivity index (χ2v) is 5.57. The lowest BCUT2D eigenvalue weighted by molar-refractivity contribution is 0.550. The van der Waals surface area contributed by atoms with Gasteiger partial charge < -0.3 is 5.32 Å². The number of benzene rings is 1. The van der Waals surface area contributed by atoms with E-state index in [4.69, 9.17) is 0 Å². The summed E-state index contributed by atoms with van der Waals surface area (Å²) < 4.78 is 13.6. The maximum atomic E-state index is 13.6. The second kappa shape index (κ2) is 6.02. The highest BCUT2D eigenvalue weighted by Crippen LogP contribution is 2.25. The van der Waals surface area contributed by atoms with Crippen LogP contribution in [-0.4, -0.2) is 16.7 Å². The van der Waals surface area contributed by atoms with Gasteiger partial charge in [0.25, 0.3) is 0 Å². The van der Waals surface area contributed by atoms with Crippen molar-refractivity contribution in [3.63, 3.8) is 0 Å². The molecule has 5 heteroatoms. The fourth-order valence-electron chi connectivity index (χ4n) is 1.54. The number of halogens is 1. The van der Waals surface area contributed by atoms with Gasteiger partial charge in [0.15, 0.2) is 5.01 Å². The Bertz CT molecular complexity index is 510. The smallest absolute Gasteiger partial charge is 0.150 e. The van der Waals surface area contributed by atoms with Crippen LogP contribution in [0.1, 0.15) is 18.9 Å². The molecule has 0 radical (unpaired) electrons. The third-order valence-corrected chi connectivity index (χ3v) is 3.36. The van der Waals surface area contributed by atoms with Crippen molar-refractivity contribution in [2.75, 3.05) is 6.54 Å². The van der Waals surface area contributed by atoms with Crippen LogP contribution in [0.25, 0.3) is 10.6 Å². The average molecular weight is 265 g/mol. The van der Waals surface area contributed by atoms with Crippen molar-refractivity contribution >= 4 is 11.3 Å². The molecular formula is C13H16FN3S. The van der Waals surface area contributed by atoms with Crippen molar-refractivity contribution in [2.45, 2.75) is 20.4 Å². The quantitative estimate of drug-likeness (QED) is 0.902. The van der Waals surface area contributed by atoms with Gasteiger partial charge in [-0.1, -0.05) is 37.3 Å². The molecule has 2 rings (SSSR count). The van der Waals surface area contributed by atoms with Crippen LogP contribution >= 0.6 is 11.3 Å². The summed E-state index contributed by atoms with van der Waals surface area (Å²) in [6, 6.07) is 6.63. The first-order valence-corrected chi connectivity index (χ1v) is 6.76. The summed E-state index contributed by atoms with van der Waals surface area (Å²) in [5.74, 6) is 0.347. The predicted molar refractivity (Wildman–Crippen MR) is 71.8 cm³/mol. The Kier molecular flexibility index (Phi) is 4.38. The van der Waals surface area contributed by atoms with E-state index in [2.05, 4.69) is 29.4 Å². The van der Waals surface area contributed by atoms with Crippen LogP contribution in [0.3, 0.4) is 0 Å². The molecule has 0 amide bonds. The number of nitrogens with zero attached hydrogens (tertiary/aromatic N) is 2. The molecule has 0 aliphatic rings. The molecule has 1 aromatic heterocycles. The van der Waals surface area contributed by atoms with Crippen molar-refractivity contribution in [1.29, 1.82) is 0 Å². The number of rotatable bonds is 5. The summed E-state index contributed by atoms with van der Waals surface area (Å²) in [6.07, 6.45) is 0. The van der Waals surface area contributed by atoms with Gasteiger partial charge in [-0.25, -0.2) is 4.39 Å². The Labute approximate surface area is 110 Å². The van der Waals surface area contributed by atoms with E-state index < -0.39 is 0 Å². The van der Waals surface area contributed by atoms with E-state index >= 15 is 0 Å². The third kappa shape index (κ3) is 3.34. The first kappa shape index (κ1) is 13.1. The molecule has 0 atom stereocenters. The van der Waals surface area contributed by atoms with Crippen molar-refractivity contribution in [1.82, 2.24) is 15.5 Å². The van der Waals surface area contributed by atoms with Gasteiger partial charge >= 0.3 is 0 Å². The molecule has 0 aliphatic heterocycles. The molecular weight excluding hydrogens is 249 g/mol. The normalized spacial score (nSPS) is 11.1. The third-order valence-electron chi connectivity index (χ3n) is 2.40. The molecule has 0 saturated carbocycles. The van der Waals surface area contributed by atoms with Crippen molar-refractivity contribution in [2.24, 2.45) is 5.92 Å². The zero-order valence-electron chi connectivity index (χ0n) is 10.5. The molecule has 0 unspecified atom stereocenters. The second-order valence-electron chi connectivity index (χ2n) is 4.51. The SMILES string of the molecule is CC(C)CNCc1nnc(-c2ccccc2F)s1. The Morgan fingerprint density at radius 3 is 2.78 bits per heavy atom. The van der Waals surface area contributed by atoms with Crippen molar-refractivity contribution < 1.29 is 4.39 Å². The number of hydrogen-bond donors (Lipinski definition) is 1. The van der Waals surface area contributed by atoms with E-state index in [-0.39, 0.29) is 5.82 Å². The van der Waals surface area contributed by atoms with Gasteiger partial charge in [-0.15, -0.1) is 10.2 Å². The monoisotopic (exact) mass is 265 g/mol. The standard InChI is InChI=1S/C13H16FN3S/c1-9(2)7-15-8-12-16-17-13(18-12)10-5-3-4-6-11(10)14/h3-6,9,15H,7-8H2,1-2H3. The maximum absolute atomic E-state index is 13.6. The molecule has 0 aliphatic carbocycles. The molecule has 0 saturated heterocycles. The molecule has 1 aromatic carbocycles. The van der Waals surface area contributed by atoms with Crippen LogP contribution in [-0.2, 0) is 6.54 Å². The van der Waals surface area contributed by atoms with Gasteiger partial charge in [0.05, 0.1) is 0 Å². The number of aromatic nitrogens is 2. The van der Waals surface area contributed by atoms with Crippen LogP contribution in [0.15, 0.2) is 24.3 Å². The van der Waals surface area contributed by atoms with E-state index in [1.54, 1.807) is 18.2 Å². The van der Waals surface area contributed by atoms with Crippen LogP contribution < -0.4 is 5.32 Å². The average Bonchev–Trinajstić information content (AvgIpc) is 2.78. The minimum absolute atomic E-state index is 0.254. The van der Waals surface area contributed by atoms with Gasteiger partial charge in [0.1, 0.15) is 10.8 Å². The minimum atomic E-state index is -0.254. The van der Waals surface area contributed by atoms with E-state index in [1.165, 1.54) is 17.4 Å². The van der Waals surface area contributed by atoms with E-state index in [0.29, 0.717) is 23.0 Å². The van der Waals surface area contributed by atoms with Crippen LogP contribution in [0.4, 0.5) is 4.39 Å². The van der Waals surface area contributed by atoms with E-state index in [9.17, 15) is 4.39 Å². The van der Waals surface area contributed by atoms with Crippen molar-refractivity contribution in [3.05, 3.63) is 35.1 Å². The lowest BCUT2D eigenvalue weighted by Crippen LogP contribution is -2.18. The minimum Gasteiger partial charge on any atom is -0.310 e. The summed E-state index contributed by atoms with van der Waals surface area (Å²) >= 11 is 1.43. The maximum Gasteiger partial charge on any atom is 0.150 e. The summed E-state index contributed by atoms with van der Waals surface area (Å²) in [7, 11) is 0. The Morgan fingerprint density at radius 2 is 2.06 bits per heavy atom. The molecule has 96 valence electrons. The molecule has 0 fully saturated rings. The molecule has 18 heavy (non-hydrogen) atoms. The van der Waals surface area contributed by atoms with Gasteiger partial charge in [0.2, 0.25) is 0 Å². The number of nitrogens with one attached hydrogen (secondary N) is 1. The van der Waals surface area contributed by atoms with Gasteiger partial charge in [0, 0.05) is 12.1 Å². The van der Waals surface area contributed by atoms with E-state index in [0.717, 1.165) is 11.6 Å². The van der Waals surface area contributed by atoms with Gasteiger partial charge in [-0.2, -0.15) is 0 Å². The fourth-order valence-corrected chi connectivity index (χ4v) is 2.37. The molecule has 3 nitrogen and oxygen atoms in total. The zero-order valence-corrected chi connectivity index (χ0v) is 11.3. The first-order valence-electron chi connectivity index (χ1n) is 5.95. The van der Waals surface area contributed by atoms with Crippen LogP contribution in [0.2, 0.25) is 0 Å². The lowest BCUT2D eigenvalue weighted by atomic mass is 10.2. The highest BCUT2D eigenvalue weighted by Gasteiger charge is 2.10. The molecule has 2 aromatic rings. The zero-order chi connectivity index (χ0) is 13.0. The Hall–Kier alpha value is -1.33. The van der Waals surface area contributed by atoms with Crippen LogP contribution in [0.5, 0.6) is 0 Å². The predicted octanol–water partition coefficient (Wildman–Crippen LogP) is 3.09. The number of hydrogen-bond acceptors (Lipinski definition) is 4. The van der Waals surface area contributed by atoms with Gasteiger partial charge in [-0.3, -0.25) is 0 Å². The Balaban J connectivity index is 2.04. The summed E-state index contributed by atoms with van der Waals surface area (Å²) in [6.45, 7) is 5.93. The van der Waals surface area contributed by atoms with Crippen molar-refractivity contribution in [3.8, 4) is 10.6 Å². The summed E-state index contributed by atoms with van der Waals surface area (Å²) in [5, 5.41) is 12.9. The summed E-state index contributed by atoms with van der Waals surface area (Å²) in [4.78, 5) is 0. The highest BCUT2D eigenvalue weighted by atomic mass is 32.1. The lowest BCUT2D eigenvalue weighted by Gasteiger charge is -2.03. The topological polar surface area (TPSA) is 37.8 Å². The highest BCUT2D eigenvalue weighted by molar-refractivity contribution is 7.14. The fraction of sp³-hybridized carbons (Fsp3) is 0.385. The van der Waals surface area contributed by atoms with E-state index in [1.807, 2.05) is 0 Å². The molecule has 1 N–H and O–H groups in total. The molecule has 1 heterocycles. The largest absolute Gasteiger partial charge is 0.310 e. The van der Waals surface area contributed by atoms with Crippen LogP contribution in [0, 0.1) is 11.7 Å². The van der Waals surface area contributed by atoms with Gasteiger partial charge in [-0.05, 0) is 24.6 Å². The summed E-state index contributed by atoms with van der Waals surface area (Å²) in [5.41, 5.74) is 0.519. The molecule has 0 spiro atoms.